The average Bonchev–Trinajstić information content (AvgIpc) is 2.68. The molecule has 3 aromatic rings. The molecule has 3 nitrogen and oxygen atoms in total. The van der Waals surface area contributed by atoms with Crippen LogP contribution in [0.1, 0.15) is 30.5 Å². The van der Waals surface area contributed by atoms with Gasteiger partial charge in [-0.1, -0.05) is 68.4 Å². The molecular formula is C22H21N3. The zero-order valence-corrected chi connectivity index (χ0v) is 14.6. The van der Waals surface area contributed by atoms with E-state index in [1.807, 2.05) is 30.3 Å². The minimum Gasteiger partial charge on any atom is -0.383 e. The molecule has 2 aromatic carbocycles. The smallest absolute Gasteiger partial charge is 0.142 e. The SMILES string of the molecule is CCc1ccc(-c2c(C#N)c(N)nc(-c3ccccc3)c2CC)cc1. The van der Waals surface area contributed by atoms with Crippen LogP contribution in [0, 0.1) is 11.3 Å². The van der Waals surface area contributed by atoms with Crippen molar-refractivity contribution in [2.45, 2.75) is 26.7 Å². The van der Waals surface area contributed by atoms with Gasteiger partial charge in [-0.3, -0.25) is 0 Å². The van der Waals surface area contributed by atoms with Gasteiger partial charge in [0.05, 0.1) is 5.69 Å². The highest BCUT2D eigenvalue weighted by atomic mass is 14.9. The number of aryl methyl sites for hydroxylation is 1. The number of nitrogen functional groups attached to an aromatic ring is 1. The number of nitrogens with zero attached hydrogens (tertiary/aromatic N) is 2. The lowest BCUT2D eigenvalue weighted by Crippen LogP contribution is -2.05. The molecule has 0 amide bonds. The molecule has 0 aliphatic rings. The van der Waals surface area contributed by atoms with E-state index in [2.05, 4.69) is 49.2 Å². The lowest BCUT2D eigenvalue weighted by molar-refractivity contribution is 1.11. The molecule has 1 aromatic heterocycles. The summed E-state index contributed by atoms with van der Waals surface area (Å²) in [4.78, 5) is 4.56. The van der Waals surface area contributed by atoms with E-state index in [9.17, 15) is 5.26 Å². The number of nitriles is 1. The van der Waals surface area contributed by atoms with E-state index >= 15 is 0 Å². The number of pyridine rings is 1. The van der Waals surface area contributed by atoms with Gasteiger partial charge in [-0.15, -0.1) is 0 Å². The Bertz CT molecular complexity index is 920. The Hall–Kier alpha value is -3.12. The summed E-state index contributed by atoms with van der Waals surface area (Å²) in [7, 11) is 0. The zero-order chi connectivity index (χ0) is 17.8. The Kier molecular flexibility index (Phi) is 4.81. The van der Waals surface area contributed by atoms with E-state index in [1.165, 1.54) is 5.56 Å². The van der Waals surface area contributed by atoms with Gasteiger partial charge in [0.2, 0.25) is 0 Å². The molecule has 0 saturated heterocycles. The number of rotatable bonds is 4. The van der Waals surface area contributed by atoms with Crippen molar-refractivity contribution in [2.75, 3.05) is 5.73 Å². The van der Waals surface area contributed by atoms with Crippen molar-refractivity contribution in [2.24, 2.45) is 0 Å². The summed E-state index contributed by atoms with van der Waals surface area (Å²) in [5, 5.41) is 9.67. The van der Waals surface area contributed by atoms with Gasteiger partial charge in [0.1, 0.15) is 17.5 Å². The Morgan fingerprint density at radius 2 is 1.60 bits per heavy atom. The van der Waals surface area contributed by atoms with Crippen molar-refractivity contribution in [1.82, 2.24) is 4.98 Å². The number of anilines is 1. The summed E-state index contributed by atoms with van der Waals surface area (Å²) >= 11 is 0. The van der Waals surface area contributed by atoms with Crippen LogP contribution in [0.25, 0.3) is 22.4 Å². The van der Waals surface area contributed by atoms with E-state index < -0.39 is 0 Å². The molecule has 2 N–H and O–H groups in total. The Balaban J connectivity index is 2.31. The predicted octanol–water partition coefficient (Wildman–Crippen LogP) is 4.99. The normalized spacial score (nSPS) is 10.4. The summed E-state index contributed by atoms with van der Waals surface area (Å²) in [6.45, 7) is 4.22. The number of benzene rings is 2. The van der Waals surface area contributed by atoms with Crippen LogP contribution >= 0.6 is 0 Å². The highest BCUT2D eigenvalue weighted by Gasteiger charge is 2.19. The van der Waals surface area contributed by atoms with Gasteiger partial charge >= 0.3 is 0 Å². The second kappa shape index (κ2) is 7.19. The zero-order valence-electron chi connectivity index (χ0n) is 14.6. The van der Waals surface area contributed by atoms with Crippen LogP contribution in [-0.2, 0) is 12.8 Å². The minimum atomic E-state index is 0.285. The maximum atomic E-state index is 9.67. The number of nitrogens with two attached hydrogens (primary N) is 1. The van der Waals surface area contributed by atoms with Crippen molar-refractivity contribution >= 4 is 5.82 Å². The number of aromatic nitrogens is 1. The fourth-order valence-corrected chi connectivity index (χ4v) is 3.16. The first-order valence-corrected chi connectivity index (χ1v) is 8.56. The summed E-state index contributed by atoms with van der Waals surface area (Å²) in [6.07, 6.45) is 1.76. The first kappa shape index (κ1) is 16.7. The minimum absolute atomic E-state index is 0.285. The van der Waals surface area contributed by atoms with Crippen LogP contribution in [0.5, 0.6) is 0 Å². The Morgan fingerprint density at radius 1 is 0.920 bits per heavy atom. The standard InChI is InChI=1S/C22H21N3/c1-3-15-10-12-16(13-11-15)20-18(4-2)21(17-8-6-5-7-9-17)25-22(24)19(20)14-23/h5-13H,3-4H2,1-2H3,(H2,24,25). The molecule has 0 aliphatic heterocycles. The lowest BCUT2D eigenvalue weighted by atomic mass is 9.90. The van der Waals surface area contributed by atoms with Crippen LogP contribution < -0.4 is 5.73 Å². The van der Waals surface area contributed by atoms with E-state index in [0.29, 0.717) is 5.56 Å². The fourth-order valence-electron chi connectivity index (χ4n) is 3.16. The van der Waals surface area contributed by atoms with Crippen LogP contribution in [-0.4, -0.2) is 4.98 Å². The molecule has 1 heterocycles. The second-order valence-electron chi connectivity index (χ2n) is 5.96. The predicted molar refractivity (Wildman–Crippen MR) is 103 cm³/mol. The average molecular weight is 327 g/mol. The van der Waals surface area contributed by atoms with Gasteiger partial charge in [-0.05, 0) is 29.5 Å². The van der Waals surface area contributed by atoms with Gasteiger partial charge in [-0.2, -0.15) is 5.26 Å². The molecule has 0 unspecified atom stereocenters. The first-order valence-electron chi connectivity index (χ1n) is 8.56. The van der Waals surface area contributed by atoms with Crippen molar-refractivity contribution in [3.63, 3.8) is 0 Å². The quantitative estimate of drug-likeness (QED) is 0.734. The molecule has 0 aliphatic carbocycles. The summed E-state index contributed by atoms with van der Waals surface area (Å²) in [6, 6.07) is 20.6. The molecule has 0 spiro atoms. The molecule has 0 bridgehead atoms. The molecule has 0 atom stereocenters. The molecule has 0 fully saturated rings. The van der Waals surface area contributed by atoms with Crippen molar-refractivity contribution in [1.29, 1.82) is 5.26 Å². The maximum Gasteiger partial charge on any atom is 0.142 e. The summed E-state index contributed by atoms with van der Waals surface area (Å²) in [5.74, 6) is 0.285. The van der Waals surface area contributed by atoms with Gasteiger partial charge in [-0.25, -0.2) is 4.98 Å². The van der Waals surface area contributed by atoms with Gasteiger partial charge in [0.15, 0.2) is 0 Å². The van der Waals surface area contributed by atoms with E-state index in [-0.39, 0.29) is 5.82 Å². The molecular weight excluding hydrogens is 306 g/mol. The van der Waals surface area contributed by atoms with Crippen LogP contribution in [0.15, 0.2) is 54.6 Å². The number of hydrogen-bond acceptors (Lipinski definition) is 3. The molecule has 0 radical (unpaired) electrons. The van der Waals surface area contributed by atoms with Crippen molar-refractivity contribution in [3.05, 3.63) is 71.3 Å². The third-order valence-corrected chi connectivity index (χ3v) is 4.49. The highest BCUT2D eigenvalue weighted by Crippen LogP contribution is 2.36. The van der Waals surface area contributed by atoms with Crippen LogP contribution in [0.4, 0.5) is 5.82 Å². The van der Waals surface area contributed by atoms with Crippen molar-refractivity contribution < 1.29 is 0 Å². The van der Waals surface area contributed by atoms with Crippen molar-refractivity contribution in [3.8, 4) is 28.5 Å². The molecule has 124 valence electrons. The first-order chi connectivity index (χ1) is 12.2. The third kappa shape index (κ3) is 3.12. The van der Waals surface area contributed by atoms with Gasteiger partial charge < -0.3 is 5.73 Å². The van der Waals surface area contributed by atoms with E-state index in [0.717, 1.165) is 40.8 Å². The summed E-state index contributed by atoms with van der Waals surface area (Å²) in [5.41, 5.74) is 12.7. The fraction of sp³-hybridized carbons (Fsp3) is 0.182. The van der Waals surface area contributed by atoms with Crippen LogP contribution in [0.3, 0.4) is 0 Å². The van der Waals surface area contributed by atoms with E-state index in [4.69, 9.17) is 5.73 Å². The highest BCUT2D eigenvalue weighted by molar-refractivity contribution is 5.84. The largest absolute Gasteiger partial charge is 0.383 e. The van der Waals surface area contributed by atoms with Crippen LogP contribution in [0.2, 0.25) is 0 Å². The lowest BCUT2D eigenvalue weighted by Gasteiger charge is -2.17. The second-order valence-corrected chi connectivity index (χ2v) is 5.96. The van der Waals surface area contributed by atoms with Gasteiger partial charge in [0, 0.05) is 11.1 Å². The van der Waals surface area contributed by atoms with E-state index in [1.54, 1.807) is 0 Å². The third-order valence-electron chi connectivity index (χ3n) is 4.49. The number of hydrogen-bond donors (Lipinski definition) is 1. The maximum absolute atomic E-state index is 9.67. The Morgan fingerprint density at radius 3 is 2.16 bits per heavy atom. The topological polar surface area (TPSA) is 62.7 Å². The molecule has 3 heteroatoms. The van der Waals surface area contributed by atoms with Gasteiger partial charge in [0.25, 0.3) is 0 Å². The summed E-state index contributed by atoms with van der Waals surface area (Å²) < 4.78 is 0. The molecule has 3 rings (SSSR count). The molecule has 25 heavy (non-hydrogen) atoms. The monoisotopic (exact) mass is 327 g/mol. The Labute approximate surface area is 148 Å². The molecule has 0 saturated carbocycles.